The van der Waals surface area contributed by atoms with Crippen LogP contribution in [0.25, 0.3) is 0 Å². The number of nitrogens with zero attached hydrogens (tertiary/aromatic N) is 1. The summed E-state index contributed by atoms with van der Waals surface area (Å²) in [6.07, 6.45) is -2.45. The SMILES string of the molecule is C=CCOc1ccc(COc2ccc3c(c2)C(OC(=O)C(F)(F)F)NCC3)nc1. The largest absolute Gasteiger partial charge is 0.490 e. The smallest absolute Gasteiger partial charge is 0.488 e. The number of rotatable bonds is 7. The van der Waals surface area contributed by atoms with Gasteiger partial charge in [0.05, 0.1) is 11.9 Å². The molecule has 0 fully saturated rings. The molecule has 0 aliphatic carbocycles. The van der Waals surface area contributed by atoms with Crippen molar-refractivity contribution in [2.45, 2.75) is 25.4 Å². The Morgan fingerprint density at radius 2 is 2.03 bits per heavy atom. The first kappa shape index (κ1) is 20.7. The van der Waals surface area contributed by atoms with Gasteiger partial charge in [0, 0.05) is 12.1 Å². The van der Waals surface area contributed by atoms with Gasteiger partial charge in [-0.1, -0.05) is 18.7 Å². The van der Waals surface area contributed by atoms with Gasteiger partial charge in [-0.25, -0.2) is 4.79 Å². The maximum atomic E-state index is 12.5. The highest BCUT2D eigenvalue weighted by Crippen LogP contribution is 2.30. The Bertz CT molecular complexity index is 869. The summed E-state index contributed by atoms with van der Waals surface area (Å²) >= 11 is 0. The van der Waals surface area contributed by atoms with Gasteiger partial charge in [-0.3, -0.25) is 10.3 Å². The molecule has 2 aromatic rings. The lowest BCUT2D eigenvalue weighted by molar-refractivity contribution is -0.207. The van der Waals surface area contributed by atoms with Crippen LogP contribution in [0, 0.1) is 0 Å². The molecule has 0 amide bonds. The van der Waals surface area contributed by atoms with Gasteiger partial charge < -0.3 is 14.2 Å². The summed E-state index contributed by atoms with van der Waals surface area (Å²) in [5.41, 5.74) is 1.87. The van der Waals surface area contributed by atoms with E-state index in [0.29, 0.717) is 42.3 Å². The number of carbonyl (C=O) groups excluding carboxylic acids is 1. The van der Waals surface area contributed by atoms with Gasteiger partial charge >= 0.3 is 12.1 Å². The summed E-state index contributed by atoms with van der Waals surface area (Å²) < 4.78 is 53.2. The molecule has 1 aliphatic rings. The van der Waals surface area contributed by atoms with E-state index in [-0.39, 0.29) is 6.61 Å². The third kappa shape index (κ3) is 5.47. The first-order valence-corrected chi connectivity index (χ1v) is 8.82. The van der Waals surface area contributed by atoms with Crippen molar-refractivity contribution in [2.24, 2.45) is 0 Å². The first-order valence-electron chi connectivity index (χ1n) is 8.82. The van der Waals surface area contributed by atoms with E-state index in [1.165, 1.54) is 0 Å². The minimum absolute atomic E-state index is 0.154. The Morgan fingerprint density at radius 1 is 1.24 bits per heavy atom. The second-order valence-corrected chi connectivity index (χ2v) is 6.22. The van der Waals surface area contributed by atoms with Crippen molar-refractivity contribution in [3.05, 3.63) is 66.0 Å². The molecule has 1 atom stereocenters. The summed E-state index contributed by atoms with van der Waals surface area (Å²) in [7, 11) is 0. The zero-order valence-electron chi connectivity index (χ0n) is 15.4. The van der Waals surface area contributed by atoms with Gasteiger partial charge in [-0.2, -0.15) is 13.2 Å². The molecular formula is C20H19F3N2O4. The van der Waals surface area contributed by atoms with E-state index in [2.05, 4.69) is 21.6 Å². The molecule has 1 aliphatic heterocycles. The molecule has 1 N–H and O–H groups in total. The number of alkyl halides is 3. The lowest BCUT2D eigenvalue weighted by Crippen LogP contribution is -2.36. The second kappa shape index (κ2) is 8.95. The molecule has 0 saturated heterocycles. The zero-order chi connectivity index (χ0) is 20.9. The van der Waals surface area contributed by atoms with E-state index in [0.717, 1.165) is 5.56 Å². The van der Waals surface area contributed by atoms with Crippen LogP contribution in [0.1, 0.15) is 23.0 Å². The molecule has 6 nitrogen and oxygen atoms in total. The summed E-state index contributed by atoms with van der Waals surface area (Å²) in [6, 6.07) is 8.52. The van der Waals surface area contributed by atoms with Crippen molar-refractivity contribution in [1.82, 2.24) is 10.3 Å². The first-order chi connectivity index (χ1) is 13.9. The Kier molecular flexibility index (Phi) is 6.38. The number of pyridine rings is 1. The van der Waals surface area contributed by atoms with Crippen molar-refractivity contribution in [3.8, 4) is 11.5 Å². The van der Waals surface area contributed by atoms with Gasteiger partial charge in [-0.05, 0) is 36.2 Å². The van der Waals surface area contributed by atoms with Crippen LogP contribution in [0.5, 0.6) is 11.5 Å². The number of benzene rings is 1. The molecule has 2 heterocycles. The van der Waals surface area contributed by atoms with Crippen LogP contribution in [-0.4, -0.2) is 30.3 Å². The third-order valence-corrected chi connectivity index (χ3v) is 4.13. The summed E-state index contributed by atoms with van der Waals surface area (Å²) in [5, 5.41) is 2.77. The number of esters is 1. The number of aromatic nitrogens is 1. The lowest BCUT2D eigenvalue weighted by Gasteiger charge is -2.27. The fourth-order valence-corrected chi connectivity index (χ4v) is 2.76. The number of hydrogen-bond acceptors (Lipinski definition) is 6. The minimum Gasteiger partial charge on any atom is -0.488 e. The molecule has 0 saturated carbocycles. The van der Waals surface area contributed by atoms with Crippen LogP contribution in [0.3, 0.4) is 0 Å². The number of ether oxygens (including phenoxy) is 3. The predicted octanol–water partition coefficient (Wildman–Crippen LogP) is 3.48. The normalized spacial score (nSPS) is 15.9. The van der Waals surface area contributed by atoms with E-state index in [1.54, 1.807) is 42.6 Å². The van der Waals surface area contributed by atoms with Crippen LogP contribution in [0.2, 0.25) is 0 Å². The molecule has 9 heteroatoms. The number of halogens is 3. The summed E-state index contributed by atoms with van der Waals surface area (Å²) in [6.45, 7) is 4.49. The molecule has 0 bridgehead atoms. The minimum atomic E-state index is -5.05. The fraction of sp³-hybridized carbons (Fsp3) is 0.300. The van der Waals surface area contributed by atoms with E-state index >= 15 is 0 Å². The van der Waals surface area contributed by atoms with Crippen LogP contribution < -0.4 is 14.8 Å². The van der Waals surface area contributed by atoms with Crippen LogP contribution in [-0.2, 0) is 22.6 Å². The molecular weight excluding hydrogens is 389 g/mol. The van der Waals surface area contributed by atoms with Crippen molar-refractivity contribution in [2.75, 3.05) is 13.2 Å². The maximum Gasteiger partial charge on any atom is 0.490 e. The van der Waals surface area contributed by atoms with Gasteiger partial charge in [0.1, 0.15) is 24.7 Å². The average molecular weight is 408 g/mol. The van der Waals surface area contributed by atoms with E-state index < -0.39 is 18.4 Å². The van der Waals surface area contributed by atoms with E-state index in [4.69, 9.17) is 9.47 Å². The highest BCUT2D eigenvalue weighted by molar-refractivity contribution is 5.76. The molecule has 1 aromatic carbocycles. The van der Waals surface area contributed by atoms with Crippen molar-refractivity contribution < 1.29 is 32.2 Å². The van der Waals surface area contributed by atoms with Gasteiger partial charge in [0.2, 0.25) is 0 Å². The van der Waals surface area contributed by atoms with Crippen molar-refractivity contribution in [3.63, 3.8) is 0 Å². The zero-order valence-corrected chi connectivity index (χ0v) is 15.4. The van der Waals surface area contributed by atoms with Gasteiger partial charge in [-0.15, -0.1) is 0 Å². The summed E-state index contributed by atoms with van der Waals surface area (Å²) in [4.78, 5) is 15.4. The van der Waals surface area contributed by atoms with Gasteiger partial charge in [0.25, 0.3) is 0 Å². The monoisotopic (exact) mass is 408 g/mol. The number of fused-ring (bicyclic) bond motifs is 1. The van der Waals surface area contributed by atoms with E-state index in [9.17, 15) is 18.0 Å². The highest BCUT2D eigenvalue weighted by Gasteiger charge is 2.43. The predicted molar refractivity (Wildman–Crippen MR) is 97.3 cm³/mol. The topological polar surface area (TPSA) is 69.7 Å². The quantitative estimate of drug-likeness (QED) is 0.559. The highest BCUT2D eigenvalue weighted by atomic mass is 19.4. The average Bonchev–Trinajstić information content (AvgIpc) is 2.71. The standard InChI is InChI=1S/C20H19F3N2O4/c1-2-9-27-16-6-4-14(25-11-16)12-28-15-5-3-13-7-8-24-18(17(13)10-15)29-19(26)20(21,22)23/h2-6,10-11,18,24H,1,7-9,12H2. The fourth-order valence-electron chi connectivity index (χ4n) is 2.76. The third-order valence-electron chi connectivity index (χ3n) is 4.13. The molecule has 154 valence electrons. The number of carbonyl (C=O) groups is 1. The second-order valence-electron chi connectivity index (χ2n) is 6.22. The van der Waals surface area contributed by atoms with Crippen LogP contribution >= 0.6 is 0 Å². The van der Waals surface area contributed by atoms with Crippen molar-refractivity contribution in [1.29, 1.82) is 0 Å². The Hall–Kier alpha value is -3.07. The van der Waals surface area contributed by atoms with Crippen molar-refractivity contribution >= 4 is 5.97 Å². The molecule has 1 unspecified atom stereocenters. The molecule has 0 spiro atoms. The molecule has 1 aromatic heterocycles. The molecule has 29 heavy (non-hydrogen) atoms. The van der Waals surface area contributed by atoms with Crippen LogP contribution in [0.15, 0.2) is 49.2 Å². The lowest BCUT2D eigenvalue weighted by atomic mass is 9.99. The van der Waals surface area contributed by atoms with E-state index in [1.807, 2.05) is 0 Å². The van der Waals surface area contributed by atoms with Gasteiger partial charge in [0.15, 0.2) is 6.23 Å². The Balaban J connectivity index is 1.66. The number of hydrogen-bond donors (Lipinski definition) is 1. The molecule has 0 radical (unpaired) electrons. The number of nitrogens with one attached hydrogen (secondary N) is 1. The summed E-state index contributed by atoms with van der Waals surface area (Å²) in [5.74, 6) is -1.21. The Labute approximate surface area is 165 Å². The maximum absolute atomic E-state index is 12.5. The molecule has 3 rings (SSSR count). The Morgan fingerprint density at radius 3 is 2.72 bits per heavy atom. The van der Waals surface area contributed by atoms with Crippen LogP contribution in [0.4, 0.5) is 13.2 Å².